The summed E-state index contributed by atoms with van der Waals surface area (Å²) in [7, 11) is 0. The zero-order chi connectivity index (χ0) is 12.1. The molecular formula is C10H13Br2NO2S. The molecule has 3 nitrogen and oxygen atoms in total. The number of carbonyl (C=O) groups excluding carboxylic acids is 1. The summed E-state index contributed by atoms with van der Waals surface area (Å²) in [6.07, 6.45) is 0. The summed E-state index contributed by atoms with van der Waals surface area (Å²) in [5.74, 6) is -0.211. The molecule has 0 amide bonds. The molecule has 0 radical (unpaired) electrons. The zero-order valence-corrected chi connectivity index (χ0v) is 13.0. The van der Waals surface area contributed by atoms with Gasteiger partial charge >= 0.3 is 5.97 Å². The van der Waals surface area contributed by atoms with Crippen molar-refractivity contribution in [1.82, 2.24) is 5.32 Å². The number of rotatable bonds is 5. The molecular weight excluding hydrogens is 358 g/mol. The average molecular weight is 371 g/mol. The van der Waals surface area contributed by atoms with Crippen LogP contribution in [0.4, 0.5) is 0 Å². The highest BCUT2D eigenvalue weighted by Gasteiger charge is 2.13. The van der Waals surface area contributed by atoms with Crippen LogP contribution < -0.4 is 5.32 Å². The second-order valence-electron chi connectivity index (χ2n) is 3.19. The van der Waals surface area contributed by atoms with E-state index in [-0.39, 0.29) is 12.0 Å². The molecule has 1 N–H and O–H groups in total. The lowest BCUT2D eigenvalue weighted by Crippen LogP contribution is -2.34. The lowest BCUT2D eigenvalue weighted by molar-refractivity contribution is -0.145. The van der Waals surface area contributed by atoms with Crippen molar-refractivity contribution in [3.05, 3.63) is 19.2 Å². The number of carbonyl (C=O) groups is 1. The Morgan fingerprint density at radius 3 is 2.81 bits per heavy atom. The summed E-state index contributed by atoms with van der Waals surface area (Å²) < 4.78 is 7.01. The summed E-state index contributed by atoms with van der Waals surface area (Å²) >= 11 is 8.49. The number of halogens is 2. The standard InChI is InChI=1S/C10H13Br2NO2S/c1-3-15-10(14)6(2)13-5-7-4-8(11)9(12)16-7/h4,6,13H,3,5H2,1-2H3. The molecule has 1 aromatic heterocycles. The minimum atomic E-state index is -0.278. The summed E-state index contributed by atoms with van der Waals surface area (Å²) in [5.41, 5.74) is 0. The first kappa shape index (κ1) is 14.2. The van der Waals surface area contributed by atoms with Crippen molar-refractivity contribution in [1.29, 1.82) is 0 Å². The fourth-order valence-corrected chi connectivity index (χ4v) is 3.21. The second-order valence-corrected chi connectivity index (χ2v) is 6.50. The van der Waals surface area contributed by atoms with Crippen molar-refractivity contribution in [3.8, 4) is 0 Å². The first-order valence-electron chi connectivity index (χ1n) is 4.88. The number of hydrogen-bond acceptors (Lipinski definition) is 4. The van der Waals surface area contributed by atoms with Gasteiger partial charge in [-0.3, -0.25) is 10.1 Å². The van der Waals surface area contributed by atoms with Gasteiger partial charge in [0.1, 0.15) is 6.04 Å². The molecule has 1 unspecified atom stereocenters. The Balaban J connectivity index is 2.42. The van der Waals surface area contributed by atoms with Crippen LogP contribution in [0.1, 0.15) is 18.7 Å². The van der Waals surface area contributed by atoms with Gasteiger partial charge in [-0.2, -0.15) is 0 Å². The molecule has 0 aliphatic rings. The first-order valence-corrected chi connectivity index (χ1v) is 7.28. The summed E-state index contributed by atoms with van der Waals surface area (Å²) in [4.78, 5) is 12.5. The van der Waals surface area contributed by atoms with Crippen LogP contribution in [0.2, 0.25) is 0 Å². The van der Waals surface area contributed by atoms with Crippen molar-refractivity contribution < 1.29 is 9.53 Å². The molecule has 0 spiro atoms. The van der Waals surface area contributed by atoms with Crippen LogP contribution in [0.25, 0.3) is 0 Å². The minimum absolute atomic E-state index is 0.211. The Kier molecular flexibility index (Phi) is 5.96. The minimum Gasteiger partial charge on any atom is -0.465 e. The Morgan fingerprint density at radius 2 is 2.31 bits per heavy atom. The third kappa shape index (κ3) is 4.16. The maximum atomic E-state index is 11.3. The van der Waals surface area contributed by atoms with Gasteiger partial charge in [-0.05, 0) is 51.8 Å². The third-order valence-corrected chi connectivity index (χ3v) is 5.18. The van der Waals surface area contributed by atoms with Gasteiger partial charge < -0.3 is 4.74 Å². The number of nitrogens with one attached hydrogen (secondary N) is 1. The summed E-state index contributed by atoms with van der Waals surface area (Å²) in [5, 5.41) is 3.12. The normalized spacial score (nSPS) is 12.5. The van der Waals surface area contributed by atoms with Gasteiger partial charge in [-0.1, -0.05) is 0 Å². The van der Waals surface area contributed by atoms with Crippen molar-refractivity contribution in [2.24, 2.45) is 0 Å². The molecule has 1 aromatic rings. The number of esters is 1. The molecule has 0 aliphatic carbocycles. The molecule has 16 heavy (non-hydrogen) atoms. The molecule has 0 aliphatic heterocycles. The topological polar surface area (TPSA) is 38.3 Å². The lowest BCUT2D eigenvalue weighted by atomic mass is 10.3. The van der Waals surface area contributed by atoms with Gasteiger partial charge in [-0.15, -0.1) is 11.3 Å². The smallest absolute Gasteiger partial charge is 0.322 e. The number of hydrogen-bond donors (Lipinski definition) is 1. The molecule has 1 atom stereocenters. The van der Waals surface area contributed by atoms with E-state index in [0.717, 1.165) is 13.1 Å². The highest BCUT2D eigenvalue weighted by atomic mass is 79.9. The van der Waals surface area contributed by atoms with E-state index in [4.69, 9.17) is 4.74 Å². The molecule has 0 aromatic carbocycles. The Morgan fingerprint density at radius 1 is 1.62 bits per heavy atom. The van der Waals surface area contributed by atoms with Crippen LogP contribution in [0.3, 0.4) is 0 Å². The predicted molar refractivity (Wildman–Crippen MR) is 72.7 cm³/mol. The van der Waals surface area contributed by atoms with E-state index >= 15 is 0 Å². The van der Waals surface area contributed by atoms with Crippen LogP contribution >= 0.6 is 43.2 Å². The zero-order valence-electron chi connectivity index (χ0n) is 9.05. The maximum absolute atomic E-state index is 11.3. The molecule has 1 heterocycles. The van der Waals surface area contributed by atoms with Crippen molar-refractivity contribution in [2.75, 3.05) is 6.61 Å². The molecule has 0 bridgehead atoms. The largest absolute Gasteiger partial charge is 0.465 e. The predicted octanol–water partition coefficient (Wildman–Crippen LogP) is 3.31. The van der Waals surface area contributed by atoms with Crippen molar-refractivity contribution >= 4 is 49.2 Å². The number of ether oxygens (including phenoxy) is 1. The Bertz CT molecular complexity index is 348. The Labute approximate surface area is 116 Å². The van der Waals surface area contributed by atoms with Crippen molar-refractivity contribution in [3.63, 3.8) is 0 Å². The highest BCUT2D eigenvalue weighted by molar-refractivity contribution is 9.13. The molecule has 0 saturated carbocycles. The SMILES string of the molecule is CCOC(=O)C(C)NCc1cc(Br)c(Br)s1. The van der Waals surface area contributed by atoms with Crippen LogP contribution in [-0.4, -0.2) is 18.6 Å². The van der Waals surface area contributed by atoms with Gasteiger partial charge in [0.05, 0.1) is 10.4 Å². The fourth-order valence-electron chi connectivity index (χ4n) is 1.08. The van der Waals surface area contributed by atoms with Crippen molar-refractivity contribution in [2.45, 2.75) is 26.4 Å². The Hall–Kier alpha value is 0.0900. The van der Waals surface area contributed by atoms with E-state index in [1.807, 2.05) is 6.07 Å². The van der Waals surface area contributed by atoms with Gasteiger partial charge in [-0.25, -0.2) is 0 Å². The van der Waals surface area contributed by atoms with Crippen LogP contribution in [0.15, 0.2) is 14.3 Å². The van der Waals surface area contributed by atoms with Gasteiger partial charge in [0.15, 0.2) is 0 Å². The summed E-state index contributed by atoms with van der Waals surface area (Å²) in [6.45, 7) is 4.68. The molecule has 90 valence electrons. The van der Waals surface area contributed by atoms with E-state index in [2.05, 4.69) is 37.2 Å². The average Bonchev–Trinajstić information content (AvgIpc) is 2.55. The van der Waals surface area contributed by atoms with E-state index < -0.39 is 0 Å². The lowest BCUT2D eigenvalue weighted by Gasteiger charge is -2.11. The van der Waals surface area contributed by atoms with Gasteiger partial charge in [0, 0.05) is 15.9 Å². The van der Waals surface area contributed by atoms with E-state index in [1.54, 1.807) is 25.2 Å². The first-order chi connectivity index (χ1) is 7.54. The number of thiophene rings is 1. The van der Waals surface area contributed by atoms with E-state index in [9.17, 15) is 4.79 Å². The second kappa shape index (κ2) is 6.74. The maximum Gasteiger partial charge on any atom is 0.322 e. The van der Waals surface area contributed by atoms with E-state index in [1.165, 1.54) is 0 Å². The monoisotopic (exact) mass is 369 g/mol. The van der Waals surface area contributed by atoms with Gasteiger partial charge in [0.25, 0.3) is 0 Å². The third-order valence-electron chi connectivity index (χ3n) is 1.92. The van der Waals surface area contributed by atoms with E-state index in [0.29, 0.717) is 13.2 Å². The quantitative estimate of drug-likeness (QED) is 0.808. The summed E-state index contributed by atoms with van der Waals surface area (Å²) in [6, 6.07) is 1.75. The highest BCUT2D eigenvalue weighted by Crippen LogP contribution is 2.32. The fraction of sp³-hybridized carbons (Fsp3) is 0.500. The molecule has 6 heteroatoms. The van der Waals surface area contributed by atoms with Crippen LogP contribution in [-0.2, 0) is 16.1 Å². The van der Waals surface area contributed by atoms with Gasteiger partial charge in [0.2, 0.25) is 0 Å². The van der Waals surface area contributed by atoms with Crippen LogP contribution in [0.5, 0.6) is 0 Å². The molecule has 0 saturated heterocycles. The molecule has 1 rings (SSSR count). The molecule has 0 fully saturated rings. The van der Waals surface area contributed by atoms with Crippen LogP contribution in [0, 0.1) is 0 Å².